The van der Waals surface area contributed by atoms with Crippen LogP contribution in [0, 0.1) is 5.95 Å². The van der Waals surface area contributed by atoms with Crippen molar-refractivity contribution in [2.75, 3.05) is 13.1 Å². The van der Waals surface area contributed by atoms with Crippen LogP contribution in [-0.4, -0.2) is 33.1 Å². The van der Waals surface area contributed by atoms with Gasteiger partial charge in [-0.15, -0.1) is 5.10 Å². The van der Waals surface area contributed by atoms with Crippen molar-refractivity contribution >= 4 is 0 Å². The van der Waals surface area contributed by atoms with Crippen LogP contribution in [0.25, 0.3) is 11.3 Å². The minimum atomic E-state index is -0.479. The first-order valence-corrected chi connectivity index (χ1v) is 5.07. The summed E-state index contributed by atoms with van der Waals surface area (Å²) in [5.74, 6) is -0.479. The summed E-state index contributed by atoms with van der Waals surface area (Å²) >= 11 is 0. The van der Waals surface area contributed by atoms with Crippen LogP contribution in [0.3, 0.4) is 0 Å². The van der Waals surface area contributed by atoms with Gasteiger partial charge in [0.2, 0.25) is 5.95 Å². The Balaban J connectivity index is 1.99. The maximum atomic E-state index is 12.7. The quantitative estimate of drug-likeness (QED) is 0.752. The third kappa shape index (κ3) is 1.47. The smallest absolute Gasteiger partial charge is 0.212 e. The molecule has 3 heterocycles. The summed E-state index contributed by atoms with van der Waals surface area (Å²) in [5.41, 5.74) is 1.71. The molecule has 1 aliphatic rings. The average molecular weight is 219 g/mol. The number of nitrogens with zero attached hydrogens (tertiary/aromatic N) is 4. The second-order valence-corrected chi connectivity index (χ2v) is 3.75. The molecule has 82 valence electrons. The molecule has 3 rings (SSSR count). The van der Waals surface area contributed by atoms with E-state index in [1.165, 1.54) is 12.3 Å². The van der Waals surface area contributed by atoms with Crippen LogP contribution in [0.2, 0.25) is 0 Å². The topological polar surface area (TPSA) is 55.6 Å². The van der Waals surface area contributed by atoms with Gasteiger partial charge in [-0.1, -0.05) is 5.21 Å². The first-order chi connectivity index (χ1) is 7.84. The molecular weight excluding hydrogens is 209 g/mol. The Morgan fingerprint density at radius 2 is 2.19 bits per heavy atom. The Morgan fingerprint density at radius 3 is 2.81 bits per heavy atom. The Labute approximate surface area is 91.3 Å². The fraction of sp³-hybridized carbons (Fsp3) is 0.300. The van der Waals surface area contributed by atoms with Crippen molar-refractivity contribution in [1.29, 1.82) is 0 Å². The number of pyridine rings is 1. The zero-order valence-electron chi connectivity index (χ0n) is 8.47. The molecule has 0 spiro atoms. The van der Waals surface area contributed by atoms with Crippen molar-refractivity contribution in [2.24, 2.45) is 0 Å². The molecule has 1 N–H and O–H groups in total. The molecule has 2 aromatic rings. The predicted octanol–water partition coefficient (Wildman–Crippen LogP) is 0.623. The van der Waals surface area contributed by atoms with E-state index >= 15 is 0 Å². The molecule has 0 bridgehead atoms. The van der Waals surface area contributed by atoms with E-state index in [1.54, 1.807) is 12.3 Å². The highest BCUT2D eigenvalue weighted by Gasteiger charge is 2.22. The van der Waals surface area contributed by atoms with Crippen LogP contribution in [0.15, 0.2) is 24.5 Å². The third-order valence-corrected chi connectivity index (χ3v) is 2.70. The average Bonchev–Trinajstić information content (AvgIpc) is 2.65. The largest absolute Gasteiger partial charge is 0.312 e. The molecule has 1 aliphatic heterocycles. The molecular formula is C10H10FN5. The van der Waals surface area contributed by atoms with Gasteiger partial charge in [0.15, 0.2) is 0 Å². The third-order valence-electron chi connectivity index (χ3n) is 2.70. The molecule has 6 heteroatoms. The summed E-state index contributed by atoms with van der Waals surface area (Å²) in [4.78, 5) is 3.63. The highest BCUT2D eigenvalue weighted by molar-refractivity contribution is 5.56. The fourth-order valence-corrected chi connectivity index (χ4v) is 1.69. The Kier molecular flexibility index (Phi) is 2.14. The lowest BCUT2D eigenvalue weighted by Crippen LogP contribution is -2.44. The first-order valence-electron chi connectivity index (χ1n) is 5.07. The summed E-state index contributed by atoms with van der Waals surface area (Å²) in [5, 5.41) is 11.1. The van der Waals surface area contributed by atoms with Gasteiger partial charge in [0.1, 0.15) is 0 Å². The number of nitrogens with one attached hydrogen (secondary N) is 1. The summed E-state index contributed by atoms with van der Waals surface area (Å²) in [6, 6.07) is 3.36. The second kappa shape index (κ2) is 3.64. The van der Waals surface area contributed by atoms with Crippen molar-refractivity contribution in [3.8, 4) is 11.3 Å². The van der Waals surface area contributed by atoms with Gasteiger partial charge in [0, 0.05) is 24.8 Å². The van der Waals surface area contributed by atoms with Crippen LogP contribution in [-0.2, 0) is 0 Å². The van der Waals surface area contributed by atoms with Crippen molar-refractivity contribution in [2.45, 2.75) is 6.04 Å². The second-order valence-electron chi connectivity index (χ2n) is 3.75. The van der Waals surface area contributed by atoms with Crippen LogP contribution in [0.4, 0.5) is 4.39 Å². The fourth-order valence-electron chi connectivity index (χ4n) is 1.69. The lowest BCUT2D eigenvalue weighted by molar-refractivity contribution is 0.315. The maximum absolute atomic E-state index is 12.7. The molecule has 5 nitrogen and oxygen atoms in total. The molecule has 2 aromatic heterocycles. The summed E-state index contributed by atoms with van der Waals surface area (Å²) in [7, 11) is 0. The summed E-state index contributed by atoms with van der Waals surface area (Å²) < 4.78 is 14.6. The summed E-state index contributed by atoms with van der Waals surface area (Å²) in [6.45, 7) is 1.79. The lowest BCUT2D eigenvalue weighted by Gasteiger charge is -2.28. The molecule has 16 heavy (non-hydrogen) atoms. The van der Waals surface area contributed by atoms with E-state index in [2.05, 4.69) is 20.6 Å². The summed E-state index contributed by atoms with van der Waals surface area (Å²) in [6.07, 6.45) is 3.17. The number of hydrogen-bond donors (Lipinski definition) is 1. The van der Waals surface area contributed by atoms with E-state index < -0.39 is 5.95 Å². The number of rotatable bonds is 2. The Hall–Kier alpha value is -1.82. The van der Waals surface area contributed by atoms with Crippen molar-refractivity contribution < 1.29 is 4.39 Å². The SMILES string of the molecule is Fc1ccc(-c2cnnn2C2CNC2)cn1. The number of hydrogen-bond acceptors (Lipinski definition) is 4. The Morgan fingerprint density at radius 1 is 1.31 bits per heavy atom. The predicted molar refractivity (Wildman–Crippen MR) is 55.1 cm³/mol. The number of halogens is 1. The lowest BCUT2D eigenvalue weighted by atomic mass is 10.1. The van der Waals surface area contributed by atoms with Crippen LogP contribution >= 0.6 is 0 Å². The molecule has 1 saturated heterocycles. The molecule has 0 atom stereocenters. The normalized spacial score (nSPS) is 16.1. The standard InChI is InChI=1S/C10H10FN5/c11-10-2-1-7(3-13-10)9-6-14-15-16(9)8-4-12-5-8/h1-3,6,8,12H,4-5H2. The minimum absolute atomic E-state index is 0.336. The number of aromatic nitrogens is 4. The van der Waals surface area contributed by atoms with E-state index in [4.69, 9.17) is 0 Å². The molecule has 0 aromatic carbocycles. The zero-order valence-corrected chi connectivity index (χ0v) is 8.47. The molecule has 0 saturated carbocycles. The molecule has 1 fully saturated rings. The molecule has 0 amide bonds. The van der Waals surface area contributed by atoms with Crippen molar-refractivity contribution in [1.82, 2.24) is 25.3 Å². The molecule has 0 aliphatic carbocycles. The monoisotopic (exact) mass is 219 g/mol. The maximum Gasteiger partial charge on any atom is 0.212 e. The van der Waals surface area contributed by atoms with Crippen molar-refractivity contribution in [3.05, 3.63) is 30.5 Å². The van der Waals surface area contributed by atoms with Gasteiger partial charge in [0.25, 0.3) is 0 Å². The zero-order chi connectivity index (χ0) is 11.0. The van der Waals surface area contributed by atoms with E-state index in [0.29, 0.717) is 6.04 Å². The van der Waals surface area contributed by atoms with Crippen LogP contribution in [0.1, 0.15) is 6.04 Å². The molecule has 0 radical (unpaired) electrons. The minimum Gasteiger partial charge on any atom is -0.312 e. The van der Waals surface area contributed by atoms with Gasteiger partial charge in [-0.3, -0.25) is 0 Å². The van der Waals surface area contributed by atoms with Gasteiger partial charge in [-0.25, -0.2) is 9.67 Å². The highest BCUT2D eigenvalue weighted by atomic mass is 19.1. The van der Waals surface area contributed by atoms with E-state index in [9.17, 15) is 4.39 Å². The van der Waals surface area contributed by atoms with Gasteiger partial charge in [-0.05, 0) is 12.1 Å². The Bertz CT molecular complexity index is 488. The van der Waals surface area contributed by atoms with Gasteiger partial charge in [-0.2, -0.15) is 4.39 Å². The van der Waals surface area contributed by atoms with Gasteiger partial charge >= 0.3 is 0 Å². The van der Waals surface area contributed by atoms with Crippen molar-refractivity contribution in [3.63, 3.8) is 0 Å². The van der Waals surface area contributed by atoms with Gasteiger partial charge in [0.05, 0.1) is 17.9 Å². The molecule has 0 unspecified atom stereocenters. The van der Waals surface area contributed by atoms with E-state index in [1.807, 2.05) is 4.68 Å². The van der Waals surface area contributed by atoms with E-state index in [0.717, 1.165) is 24.3 Å². The van der Waals surface area contributed by atoms with Crippen LogP contribution < -0.4 is 5.32 Å². The van der Waals surface area contributed by atoms with Gasteiger partial charge < -0.3 is 5.32 Å². The van der Waals surface area contributed by atoms with Crippen LogP contribution in [0.5, 0.6) is 0 Å². The first kappa shape index (κ1) is 9.41. The van der Waals surface area contributed by atoms with E-state index in [-0.39, 0.29) is 0 Å². The highest BCUT2D eigenvalue weighted by Crippen LogP contribution is 2.22.